The van der Waals surface area contributed by atoms with E-state index < -0.39 is 11.1 Å². The molecule has 0 saturated carbocycles. The normalized spacial score (nSPS) is 11.3. The highest BCUT2D eigenvalue weighted by atomic mass is 16.5. The molecule has 0 unspecified atom stereocenters. The van der Waals surface area contributed by atoms with Gasteiger partial charge in [-0.25, -0.2) is 4.98 Å². The summed E-state index contributed by atoms with van der Waals surface area (Å²) in [4.78, 5) is 42.0. The fourth-order valence-electron chi connectivity index (χ4n) is 2.39. The van der Waals surface area contributed by atoms with E-state index in [1.54, 1.807) is 25.1 Å². The molecule has 2 heterocycles. The number of hydrogen-bond acceptors (Lipinski definition) is 5. The van der Waals surface area contributed by atoms with Gasteiger partial charge in [0.15, 0.2) is 0 Å². The van der Waals surface area contributed by atoms with Gasteiger partial charge in [-0.3, -0.25) is 18.8 Å². The van der Waals surface area contributed by atoms with Crippen molar-refractivity contribution in [3.8, 4) is 0 Å². The molecule has 0 aliphatic heterocycles. The second kappa shape index (κ2) is 5.01. The molecule has 0 amide bonds. The van der Waals surface area contributed by atoms with Gasteiger partial charge in [-0.15, -0.1) is 0 Å². The molecule has 0 aliphatic carbocycles. The SMILES string of the molecule is CCOC(=O)CCc1nc2cccc3[nH]c(=O)c(=O)n1c23. The van der Waals surface area contributed by atoms with E-state index in [1.807, 2.05) is 0 Å². The van der Waals surface area contributed by atoms with E-state index in [0.29, 0.717) is 29.0 Å². The van der Waals surface area contributed by atoms with Gasteiger partial charge >= 0.3 is 17.1 Å². The lowest BCUT2D eigenvalue weighted by atomic mass is 10.3. The van der Waals surface area contributed by atoms with Crippen LogP contribution >= 0.6 is 0 Å². The Bertz CT molecular complexity index is 925. The first kappa shape index (κ1) is 13.3. The molecular formula is C14H13N3O4. The second-order valence-electron chi connectivity index (χ2n) is 4.60. The van der Waals surface area contributed by atoms with E-state index >= 15 is 0 Å². The van der Waals surface area contributed by atoms with Crippen molar-refractivity contribution in [1.29, 1.82) is 0 Å². The molecule has 0 radical (unpaired) electrons. The van der Waals surface area contributed by atoms with Crippen LogP contribution in [0.1, 0.15) is 19.2 Å². The zero-order chi connectivity index (χ0) is 15.0. The van der Waals surface area contributed by atoms with Crippen LogP contribution in [0.3, 0.4) is 0 Å². The summed E-state index contributed by atoms with van der Waals surface area (Å²) in [7, 11) is 0. The number of nitrogens with one attached hydrogen (secondary N) is 1. The highest BCUT2D eigenvalue weighted by Gasteiger charge is 2.16. The lowest BCUT2D eigenvalue weighted by Crippen LogP contribution is -2.33. The van der Waals surface area contributed by atoms with E-state index in [0.717, 1.165) is 0 Å². The third-order valence-electron chi connectivity index (χ3n) is 3.25. The summed E-state index contributed by atoms with van der Waals surface area (Å²) >= 11 is 0. The Morgan fingerprint density at radius 3 is 2.95 bits per heavy atom. The predicted molar refractivity (Wildman–Crippen MR) is 75.7 cm³/mol. The maximum absolute atomic E-state index is 12.1. The maximum Gasteiger partial charge on any atom is 0.322 e. The van der Waals surface area contributed by atoms with Crippen molar-refractivity contribution in [2.24, 2.45) is 0 Å². The van der Waals surface area contributed by atoms with Gasteiger partial charge in [0.25, 0.3) is 0 Å². The molecule has 108 valence electrons. The predicted octanol–water partition coefficient (Wildman–Crippen LogP) is 0.469. The summed E-state index contributed by atoms with van der Waals surface area (Å²) in [6.07, 6.45) is 0.355. The van der Waals surface area contributed by atoms with Crippen LogP contribution in [0.2, 0.25) is 0 Å². The van der Waals surface area contributed by atoms with Crippen molar-refractivity contribution in [3.63, 3.8) is 0 Å². The van der Waals surface area contributed by atoms with E-state index in [1.165, 1.54) is 4.40 Å². The van der Waals surface area contributed by atoms with Crippen LogP contribution < -0.4 is 11.1 Å². The van der Waals surface area contributed by atoms with Crippen LogP contribution in [0.15, 0.2) is 27.8 Å². The molecule has 0 bridgehead atoms. The monoisotopic (exact) mass is 287 g/mol. The van der Waals surface area contributed by atoms with Gasteiger partial charge in [-0.2, -0.15) is 0 Å². The summed E-state index contributed by atoms with van der Waals surface area (Å²) in [6, 6.07) is 5.22. The number of nitrogens with zero attached hydrogens (tertiary/aromatic N) is 2. The van der Waals surface area contributed by atoms with E-state index in [4.69, 9.17) is 4.74 Å². The van der Waals surface area contributed by atoms with Gasteiger partial charge < -0.3 is 9.72 Å². The van der Waals surface area contributed by atoms with Crippen molar-refractivity contribution in [1.82, 2.24) is 14.4 Å². The molecule has 3 rings (SSSR count). The molecule has 0 aliphatic rings. The van der Waals surface area contributed by atoms with Gasteiger partial charge in [0.2, 0.25) is 0 Å². The molecule has 0 fully saturated rings. The van der Waals surface area contributed by atoms with Crippen LogP contribution in [0.25, 0.3) is 16.6 Å². The van der Waals surface area contributed by atoms with Crippen molar-refractivity contribution < 1.29 is 9.53 Å². The third kappa shape index (κ3) is 2.16. The molecule has 3 aromatic rings. The summed E-state index contributed by atoms with van der Waals surface area (Å²) in [5, 5.41) is 0. The number of aromatic amines is 1. The minimum Gasteiger partial charge on any atom is -0.466 e. The molecule has 0 atom stereocenters. The Balaban J connectivity index is 2.13. The zero-order valence-corrected chi connectivity index (χ0v) is 11.4. The number of carbonyl (C=O) groups is 1. The molecule has 7 nitrogen and oxygen atoms in total. The number of hydrogen-bond donors (Lipinski definition) is 1. The van der Waals surface area contributed by atoms with Gasteiger partial charge in [-0.05, 0) is 19.1 Å². The van der Waals surface area contributed by atoms with Gasteiger partial charge in [0.05, 0.1) is 29.6 Å². The highest BCUT2D eigenvalue weighted by Crippen LogP contribution is 2.18. The number of H-pyrrole nitrogens is 1. The Hall–Kier alpha value is -2.70. The number of ether oxygens (including phenoxy) is 1. The Morgan fingerprint density at radius 2 is 2.19 bits per heavy atom. The van der Waals surface area contributed by atoms with Crippen LogP contribution in [0.5, 0.6) is 0 Å². The fraction of sp³-hybridized carbons (Fsp3) is 0.286. The number of aromatic nitrogens is 3. The lowest BCUT2D eigenvalue weighted by Gasteiger charge is -2.02. The Labute approximate surface area is 118 Å². The lowest BCUT2D eigenvalue weighted by molar-refractivity contribution is -0.143. The molecule has 2 aromatic heterocycles. The third-order valence-corrected chi connectivity index (χ3v) is 3.25. The number of imidazole rings is 1. The molecule has 0 saturated heterocycles. The molecule has 21 heavy (non-hydrogen) atoms. The first-order chi connectivity index (χ1) is 10.1. The summed E-state index contributed by atoms with van der Waals surface area (Å²) in [6.45, 7) is 2.03. The smallest absolute Gasteiger partial charge is 0.322 e. The summed E-state index contributed by atoms with van der Waals surface area (Å²) < 4.78 is 6.14. The minimum atomic E-state index is -0.703. The molecule has 1 aromatic carbocycles. The summed E-state index contributed by atoms with van der Waals surface area (Å²) in [5.74, 6) is 0.0376. The largest absolute Gasteiger partial charge is 0.466 e. The first-order valence-electron chi connectivity index (χ1n) is 6.63. The standard InChI is InChI=1S/C14H13N3O4/c1-2-21-11(18)7-6-10-15-8-4-3-5-9-12(8)17(10)14(20)13(19)16-9/h3-5H,2,6-7H2,1H3,(H,16,19). The maximum atomic E-state index is 12.1. The molecule has 0 spiro atoms. The van der Waals surface area contributed by atoms with E-state index in [9.17, 15) is 14.4 Å². The highest BCUT2D eigenvalue weighted by molar-refractivity contribution is 5.91. The van der Waals surface area contributed by atoms with Crippen LogP contribution in [0, 0.1) is 0 Å². The molecule has 7 heteroatoms. The number of benzene rings is 1. The van der Waals surface area contributed by atoms with Gasteiger partial charge in [0.1, 0.15) is 5.82 Å². The van der Waals surface area contributed by atoms with Crippen LogP contribution in [-0.2, 0) is 16.0 Å². The first-order valence-corrected chi connectivity index (χ1v) is 6.63. The molecule has 1 N–H and O–H groups in total. The van der Waals surface area contributed by atoms with E-state index in [-0.39, 0.29) is 18.8 Å². The van der Waals surface area contributed by atoms with Gasteiger partial charge in [-0.1, -0.05) is 6.07 Å². The number of para-hydroxylation sites is 1. The number of carbonyl (C=O) groups excluding carboxylic acids is 1. The average Bonchev–Trinajstić information content (AvgIpc) is 2.83. The minimum absolute atomic E-state index is 0.112. The second-order valence-corrected chi connectivity index (χ2v) is 4.60. The number of esters is 1. The van der Waals surface area contributed by atoms with Gasteiger partial charge in [0, 0.05) is 6.42 Å². The average molecular weight is 287 g/mol. The van der Waals surface area contributed by atoms with Crippen molar-refractivity contribution in [2.75, 3.05) is 6.61 Å². The summed E-state index contributed by atoms with van der Waals surface area (Å²) in [5.41, 5.74) is 0.341. The van der Waals surface area contributed by atoms with Crippen LogP contribution in [0.4, 0.5) is 0 Å². The fourth-order valence-corrected chi connectivity index (χ4v) is 2.39. The topological polar surface area (TPSA) is 93.5 Å². The quantitative estimate of drug-likeness (QED) is 0.556. The zero-order valence-electron chi connectivity index (χ0n) is 11.4. The van der Waals surface area contributed by atoms with Crippen molar-refractivity contribution in [2.45, 2.75) is 19.8 Å². The van der Waals surface area contributed by atoms with Crippen molar-refractivity contribution >= 4 is 22.5 Å². The Kier molecular flexibility index (Phi) is 3.17. The Morgan fingerprint density at radius 1 is 1.38 bits per heavy atom. The van der Waals surface area contributed by atoms with E-state index in [2.05, 4.69) is 9.97 Å². The number of aryl methyl sites for hydroxylation is 1. The van der Waals surface area contributed by atoms with Crippen molar-refractivity contribution in [3.05, 3.63) is 44.7 Å². The molecular weight excluding hydrogens is 274 g/mol. The van der Waals surface area contributed by atoms with Crippen LogP contribution in [-0.4, -0.2) is 26.9 Å². The number of rotatable bonds is 4.